The van der Waals surface area contributed by atoms with E-state index in [4.69, 9.17) is 5.10 Å². The van der Waals surface area contributed by atoms with E-state index < -0.39 is 0 Å². The fourth-order valence-corrected chi connectivity index (χ4v) is 4.99. The molecule has 1 heterocycles. The molecule has 0 saturated heterocycles. The zero-order valence-corrected chi connectivity index (χ0v) is 23.8. The van der Waals surface area contributed by atoms with Crippen molar-refractivity contribution in [3.05, 3.63) is 105 Å². The zero-order chi connectivity index (χ0) is 27.5. The Bertz CT molecular complexity index is 1350. The van der Waals surface area contributed by atoms with Crippen molar-refractivity contribution >= 4 is 5.57 Å². The largest absolute Gasteiger partial charge is 0.395 e. The van der Waals surface area contributed by atoms with Gasteiger partial charge in [0.25, 0.3) is 0 Å². The van der Waals surface area contributed by atoms with E-state index in [1.54, 1.807) is 9.25 Å². The second-order valence-corrected chi connectivity index (χ2v) is 11.9. The van der Waals surface area contributed by atoms with Crippen LogP contribution in [0.25, 0.3) is 5.57 Å². The van der Waals surface area contributed by atoms with Crippen LogP contribution in [0.4, 0.5) is 0 Å². The molecule has 1 fully saturated rings. The minimum atomic E-state index is -0.0790. The summed E-state index contributed by atoms with van der Waals surface area (Å²) in [4.78, 5) is 13.0. The highest BCUT2D eigenvalue weighted by molar-refractivity contribution is 5.67. The molecule has 0 spiro atoms. The van der Waals surface area contributed by atoms with E-state index in [9.17, 15) is 9.90 Å². The van der Waals surface area contributed by atoms with Gasteiger partial charge < -0.3 is 5.11 Å². The summed E-state index contributed by atoms with van der Waals surface area (Å²) in [7, 11) is 0. The normalized spacial score (nSPS) is 15.1. The lowest BCUT2D eigenvalue weighted by atomic mass is 9.87. The molecular formula is C33H43N3O2. The Morgan fingerprint density at radius 2 is 1.68 bits per heavy atom. The summed E-state index contributed by atoms with van der Waals surface area (Å²) in [5.74, 6) is 0.857. The van der Waals surface area contributed by atoms with Gasteiger partial charge in [-0.1, -0.05) is 82.0 Å². The topological polar surface area (TPSA) is 60.0 Å². The van der Waals surface area contributed by atoms with Gasteiger partial charge in [0.2, 0.25) is 0 Å². The fraction of sp³-hybridized carbons (Fsp3) is 0.455. The summed E-state index contributed by atoms with van der Waals surface area (Å²) >= 11 is 0. The molecule has 38 heavy (non-hydrogen) atoms. The Morgan fingerprint density at radius 3 is 2.24 bits per heavy atom. The van der Waals surface area contributed by atoms with Crippen molar-refractivity contribution in [2.24, 2.45) is 5.41 Å². The molecule has 1 aliphatic carbocycles. The van der Waals surface area contributed by atoms with E-state index >= 15 is 0 Å². The van der Waals surface area contributed by atoms with Crippen LogP contribution < -0.4 is 5.69 Å². The van der Waals surface area contributed by atoms with Crippen molar-refractivity contribution in [3.63, 3.8) is 0 Å². The first kappa shape index (κ1) is 27.8. The van der Waals surface area contributed by atoms with E-state index in [1.165, 1.54) is 22.3 Å². The van der Waals surface area contributed by atoms with Crippen LogP contribution in [0.3, 0.4) is 0 Å². The Balaban J connectivity index is 1.36. The quantitative estimate of drug-likeness (QED) is 0.305. The molecule has 5 nitrogen and oxygen atoms in total. The van der Waals surface area contributed by atoms with Gasteiger partial charge >= 0.3 is 5.69 Å². The Labute approximate surface area is 227 Å². The van der Waals surface area contributed by atoms with Crippen LogP contribution in [0, 0.1) is 5.41 Å². The van der Waals surface area contributed by atoms with Crippen LogP contribution in [-0.2, 0) is 31.3 Å². The Morgan fingerprint density at radius 1 is 1.05 bits per heavy atom. The van der Waals surface area contributed by atoms with Crippen LogP contribution in [0.5, 0.6) is 0 Å². The number of hydrogen-bond acceptors (Lipinski definition) is 3. The number of nitrogens with zero attached hydrogens (tertiary/aromatic N) is 3. The van der Waals surface area contributed by atoms with Crippen molar-refractivity contribution in [1.29, 1.82) is 0 Å². The minimum Gasteiger partial charge on any atom is -0.395 e. The SMILES string of the molecule is C=C(/C=C(\C)c1ccc(CCCc2nn(Cc3ccc(C(C)(C)C)cc3)c(=O)n2CC)cc1)C1(CO)CC1. The lowest BCUT2D eigenvalue weighted by Crippen LogP contribution is -2.25. The molecule has 0 bridgehead atoms. The number of aliphatic hydroxyl groups excluding tert-OH is 1. The van der Waals surface area contributed by atoms with Crippen molar-refractivity contribution in [2.75, 3.05) is 6.61 Å². The molecule has 1 aliphatic rings. The summed E-state index contributed by atoms with van der Waals surface area (Å²) in [5.41, 5.74) is 7.02. The number of aliphatic hydroxyl groups is 1. The summed E-state index contributed by atoms with van der Waals surface area (Å²) in [6, 6.07) is 17.2. The maximum Gasteiger partial charge on any atom is 0.346 e. The van der Waals surface area contributed by atoms with Crippen LogP contribution in [-0.4, -0.2) is 26.1 Å². The van der Waals surface area contributed by atoms with Crippen molar-refractivity contribution in [3.8, 4) is 0 Å². The lowest BCUT2D eigenvalue weighted by molar-refractivity contribution is 0.237. The molecule has 1 N–H and O–H groups in total. The van der Waals surface area contributed by atoms with Crippen LogP contribution in [0.1, 0.15) is 82.0 Å². The number of aryl methyl sites for hydroxylation is 2. The maximum absolute atomic E-state index is 13.0. The number of allylic oxidation sites excluding steroid dienone is 2. The maximum atomic E-state index is 13.0. The smallest absolute Gasteiger partial charge is 0.346 e. The van der Waals surface area contributed by atoms with Crippen LogP contribution in [0.2, 0.25) is 0 Å². The third kappa shape index (κ3) is 6.27. The molecule has 0 radical (unpaired) electrons. The predicted molar refractivity (Wildman–Crippen MR) is 156 cm³/mol. The minimum absolute atomic E-state index is 0.0372. The monoisotopic (exact) mass is 513 g/mol. The third-order valence-electron chi connectivity index (χ3n) is 7.97. The van der Waals surface area contributed by atoms with Gasteiger partial charge in [0.15, 0.2) is 0 Å². The van der Waals surface area contributed by atoms with Crippen LogP contribution >= 0.6 is 0 Å². The molecule has 4 rings (SSSR count). The fourth-order valence-electron chi connectivity index (χ4n) is 4.99. The molecule has 0 aliphatic heterocycles. The van der Waals surface area contributed by atoms with Gasteiger partial charge in [0, 0.05) is 18.4 Å². The predicted octanol–water partition coefficient (Wildman–Crippen LogP) is 6.32. The highest BCUT2D eigenvalue weighted by Crippen LogP contribution is 2.51. The lowest BCUT2D eigenvalue weighted by Gasteiger charge is -2.19. The Kier molecular flexibility index (Phi) is 8.27. The summed E-state index contributed by atoms with van der Waals surface area (Å²) < 4.78 is 3.40. The third-order valence-corrected chi connectivity index (χ3v) is 7.97. The van der Waals surface area contributed by atoms with E-state index in [-0.39, 0.29) is 23.1 Å². The standard InChI is InChI=1S/C33H43N3O2/c1-7-35-30(34-36(31(35)38)22-27-13-17-29(18-14-27)32(4,5)6)10-8-9-26-11-15-28(16-12-26)24(2)21-25(3)33(23-37)19-20-33/h11-18,21,37H,3,7-10,19-20,22-23H2,1-2,4-6H3/b24-21+. The number of benzene rings is 2. The average molecular weight is 514 g/mol. The van der Waals surface area contributed by atoms with Crippen molar-refractivity contribution in [1.82, 2.24) is 14.3 Å². The van der Waals surface area contributed by atoms with Crippen molar-refractivity contribution in [2.45, 2.75) is 85.2 Å². The van der Waals surface area contributed by atoms with Crippen LogP contribution in [0.15, 0.2) is 71.6 Å². The molecule has 2 aromatic carbocycles. The summed E-state index contributed by atoms with van der Waals surface area (Å²) in [6.07, 6.45) is 6.81. The molecule has 0 unspecified atom stereocenters. The first-order chi connectivity index (χ1) is 18.1. The van der Waals surface area contributed by atoms with E-state index in [0.717, 1.165) is 49.1 Å². The van der Waals surface area contributed by atoms with Gasteiger partial charge in [-0.15, -0.1) is 0 Å². The van der Waals surface area contributed by atoms with Gasteiger partial charge in [-0.05, 0) is 78.3 Å². The summed E-state index contributed by atoms with van der Waals surface area (Å²) in [5, 5.41) is 14.4. The molecule has 0 atom stereocenters. The highest BCUT2D eigenvalue weighted by atomic mass is 16.3. The van der Waals surface area contributed by atoms with E-state index in [1.807, 2.05) is 6.92 Å². The van der Waals surface area contributed by atoms with Gasteiger partial charge in [0.05, 0.1) is 13.2 Å². The van der Waals surface area contributed by atoms with E-state index in [2.05, 4.69) is 88.9 Å². The number of hydrogen-bond donors (Lipinski definition) is 1. The Hall–Kier alpha value is -3.18. The molecule has 5 heteroatoms. The molecular weight excluding hydrogens is 470 g/mol. The zero-order valence-electron chi connectivity index (χ0n) is 23.8. The number of aromatic nitrogens is 3. The van der Waals surface area contributed by atoms with Gasteiger partial charge in [-0.3, -0.25) is 4.57 Å². The molecule has 3 aromatic rings. The first-order valence-corrected chi connectivity index (χ1v) is 13.9. The second kappa shape index (κ2) is 11.3. The summed E-state index contributed by atoms with van der Waals surface area (Å²) in [6.45, 7) is 16.2. The van der Waals surface area contributed by atoms with Gasteiger partial charge in [-0.2, -0.15) is 5.10 Å². The number of rotatable bonds is 11. The highest BCUT2D eigenvalue weighted by Gasteiger charge is 2.43. The van der Waals surface area contributed by atoms with E-state index in [0.29, 0.717) is 13.1 Å². The van der Waals surface area contributed by atoms with Gasteiger partial charge in [0.1, 0.15) is 5.82 Å². The molecule has 202 valence electrons. The molecule has 1 saturated carbocycles. The van der Waals surface area contributed by atoms with Gasteiger partial charge in [-0.25, -0.2) is 9.48 Å². The molecule has 1 aromatic heterocycles. The molecule has 0 amide bonds. The second-order valence-electron chi connectivity index (χ2n) is 11.9. The van der Waals surface area contributed by atoms with Crippen molar-refractivity contribution < 1.29 is 5.11 Å². The first-order valence-electron chi connectivity index (χ1n) is 13.9. The average Bonchev–Trinajstić information content (AvgIpc) is 3.64.